The van der Waals surface area contributed by atoms with Crippen LogP contribution in [-0.4, -0.2) is 16.2 Å². The largest absolute Gasteiger partial charge is 0.508 e. The number of phenolic OH excluding ortho intramolecular Hbond substituents is 1. The Labute approximate surface area is 110 Å². The zero-order valence-electron chi connectivity index (χ0n) is 9.98. The van der Waals surface area contributed by atoms with Crippen molar-refractivity contribution in [2.24, 2.45) is 5.73 Å². The zero-order valence-corrected chi connectivity index (χ0v) is 11.6. The van der Waals surface area contributed by atoms with Gasteiger partial charge in [-0.05, 0) is 18.2 Å². The molecule has 0 aromatic heterocycles. The van der Waals surface area contributed by atoms with E-state index in [1.54, 1.807) is 12.1 Å². The second-order valence-corrected chi connectivity index (χ2v) is 4.53. The summed E-state index contributed by atoms with van der Waals surface area (Å²) in [6, 6.07) is 4.06. The molecule has 0 aliphatic heterocycles. The Bertz CT molecular complexity index is 369. The van der Waals surface area contributed by atoms with Gasteiger partial charge in [-0.15, -0.1) is 0 Å². The lowest BCUT2D eigenvalue weighted by molar-refractivity contribution is -0.137. The van der Waals surface area contributed by atoms with Crippen LogP contribution < -0.4 is 5.73 Å². The molecule has 1 rings (SSSR count). The molecule has 0 fully saturated rings. The first-order chi connectivity index (χ1) is 7.92. The monoisotopic (exact) mass is 303 g/mol. The third kappa shape index (κ3) is 6.28. The Hall–Kier alpha value is -1.07. The van der Waals surface area contributed by atoms with Gasteiger partial charge >= 0.3 is 5.97 Å². The van der Waals surface area contributed by atoms with Gasteiger partial charge in [0.25, 0.3) is 0 Å². The fourth-order valence-electron chi connectivity index (χ4n) is 1.12. The van der Waals surface area contributed by atoms with Crippen LogP contribution in [0, 0.1) is 0 Å². The smallest absolute Gasteiger partial charge is 0.305 e. The number of hydrogen-bond donors (Lipinski definition) is 3. The van der Waals surface area contributed by atoms with E-state index in [-0.39, 0.29) is 12.2 Å². The van der Waals surface area contributed by atoms with Gasteiger partial charge in [0.15, 0.2) is 0 Å². The number of aliphatic carboxylic acids is 1. The van der Waals surface area contributed by atoms with E-state index in [1.165, 1.54) is 12.5 Å². The number of halogens is 1. The molecule has 4 nitrogen and oxygen atoms in total. The van der Waals surface area contributed by atoms with Gasteiger partial charge in [-0.1, -0.05) is 36.2 Å². The second-order valence-electron chi connectivity index (χ2n) is 3.61. The summed E-state index contributed by atoms with van der Waals surface area (Å²) in [6.07, 6.45) is 1.05. The van der Waals surface area contributed by atoms with Gasteiger partial charge in [0.2, 0.25) is 0 Å². The van der Waals surface area contributed by atoms with Crippen molar-refractivity contribution in [1.82, 2.24) is 0 Å². The molecule has 17 heavy (non-hydrogen) atoms. The number of carbonyl (C=O) groups is 1. The number of hydrogen-bond acceptors (Lipinski definition) is 3. The number of benzene rings is 1. The highest BCUT2D eigenvalue weighted by Gasteiger charge is 2.14. The lowest BCUT2D eigenvalue weighted by Gasteiger charge is -2.11. The number of carboxylic acid groups (broad SMARTS) is 1. The molecule has 1 aromatic carbocycles. The molecule has 0 aliphatic rings. The quantitative estimate of drug-likeness (QED) is 0.801. The van der Waals surface area contributed by atoms with Crippen molar-refractivity contribution in [3.63, 3.8) is 0 Å². The number of carboxylic acids is 1. The van der Waals surface area contributed by atoms with Gasteiger partial charge in [-0.25, -0.2) is 0 Å². The summed E-state index contributed by atoms with van der Waals surface area (Å²) in [7, 11) is 0. The summed E-state index contributed by atoms with van der Waals surface area (Å²) in [5.74, 6) is -0.973. The van der Waals surface area contributed by atoms with E-state index in [1.807, 2.05) is 0 Å². The normalized spacial score (nSPS) is 11.3. The van der Waals surface area contributed by atoms with Crippen molar-refractivity contribution < 1.29 is 15.0 Å². The molecule has 0 saturated carbocycles. The van der Waals surface area contributed by atoms with Gasteiger partial charge in [-0.3, -0.25) is 4.79 Å². The first kappa shape index (κ1) is 15.9. The predicted octanol–water partition coefficient (Wildman–Crippen LogP) is 3.05. The number of nitrogens with two attached hydrogens (primary N) is 1. The van der Waals surface area contributed by atoms with Crippen molar-refractivity contribution in [3.05, 3.63) is 28.2 Å². The first-order valence-electron chi connectivity index (χ1n) is 5.38. The molecule has 0 aliphatic carbocycles. The number of rotatable bonds is 3. The molecule has 0 radical (unpaired) electrons. The van der Waals surface area contributed by atoms with Crippen LogP contribution in [0.2, 0.25) is 0 Å². The maximum absolute atomic E-state index is 10.4. The number of aromatic hydroxyl groups is 1. The highest BCUT2D eigenvalue weighted by atomic mass is 79.9. The molecule has 96 valence electrons. The molecule has 1 aromatic rings. The van der Waals surface area contributed by atoms with Crippen LogP contribution in [0.1, 0.15) is 38.3 Å². The Morgan fingerprint density at radius 2 is 2.00 bits per heavy atom. The molecule has 0 saturated heterocycles. The molecule has 4 N–H and O–H groups in total. The van der Waals surface area contributed by atoms with Crippen molar-refractivity contribution in [1.29, 1.82) is 0 Å². The minimum Gasteiger partial charge on any atom is -0.508 e. The number of phenols is 1. The summed E-state index contributed by atoms with van der Waals surface area (Å²) >= 11 is 3.22. The summed E-state index contributed by atoms with van der Waals surface area (Å²) < 4.78 is 0.756. The average Bonchev–Trinajstić information content (AvgIpc) is 2.21. The van der Waals surface area contributed by atoms with Gasteiger partial charge in [-0.2, -0.15) is 0 Å². The van der Waals surface area contributed by atoms with E-state index < -0.39 is 12.0 Å². The van der Waals surface area contributed by atoms with Crippen molar-refractivity contribution in [3.8, 4) is 5.75 Å². The molecule has 1 atom stereocenters. The maximum Gasteiger partial charge on any atom is 0.305 e. The van der Waals surface area contributed by atoms with E-state index in [0.29, 0.717) is 5.56 Å². The highest BCUT2D eigenvalue weighted by Crippen LogP contribution is 2.27. The fourth-order valence-corrected chi connectivity index (χ4v) is 1.50. The minimum atomic E-state index is -0.989. The zero-order chi connectivity index (χ0) is 13.4. The standard InChI is InChI=1S/C9H10BrNO3.C3H8/c10-5-1-2-8(12)6(3-5)7(11)4-9(13)14;1-3-2/h1-3,7,12H,4,11H2,(H,13,14);3H2,1-2H3. The molecule has 0 bridgehead atoms. The molecular formula is C12H18BrNO3. The van der Waals surface area contributed by atoms with E-state index >= 15 is 0 Å². The van der Waals surface area contributed by atoms with Crippen LogP contribution in [0.3, 0.4) is 0 Å². The summed E-state index contributed by atoms with van der Waals surface area (Å²) in [5, 5.41) is 18.0. The molecule has 0 amide bonds. The molecule has 0 heterocycles. The SMILES string of the molecule is CCC.NC(CC(=O)O)c1cc(Br)ccc1O. The van der Waals surface area contributed by atoms with Gasteiger partial charge in [0.05, 0.1) is 6.42 Å². The van der Waals surface area contributed by atoms with Crippen LogP contribution >= 0.6 is 15.9 Å². The Balaban J connectivity index is 0.000000770. The summed E-state index contributed by atoms with van der Waals surface area (Å²) in [5.41, 5.74) is 6.04. The highest BCUT2D eigenvalue weighted by molar-refractivity contribution is 9.10. The van der Waals surface area contributed by atoms with Crippen LogP contribution in [-0.2, 0) is 4.79 Å². The van der Waals surface area contributed by atoms with Crippen molar-refractivity contribution >= 4 is 21.9 Å². The minimum absolute atomic E-state index is 0.0157. The molecular weight excluding hydrogens is 286 g/mol. The van der Waals surface area contributed by atoms with Gasteiger partial charge in [0, 0.05) is 16.1 Å². The van der Waals surface area contributed by atoms with Crippen LogP contribution in [0.5, 0.6) is 5.75 Å². The summed E-state index contributed by atoms with van der Waals surface area (Å²) in [4.78, 5) is 10.4. The topological polar surface area (TPSA) is 83.6 Å². The first-order valence-corrected chi connectivity index (χ1v) is 6.17. The van der Waals surface area contributed by atoms with Crippen LogP contribution in [0.4, 0.5) is 0 Å². The van der Waals surface area contributed by atoms with E-state index in [0.717, 1.165) is 4.47 Å². The fraction of sp³-hybridized carbons (Fsp3) is 0.417. The van der Waals surface area contributed by atoms with E-state index in [4.69, 9.17) is 10.8 Å². The van der Waals surface area contributed by atoms with E-state index in [9.17, 15) is 9.90 Å². The third-order valence-electron chi connectivity index (χ3n) is 1.78. The average molecular weight is 304 g/mol. The molecule has 1 unspecified atom stereocenters. The van der Waals surface area contributed by atoms with Gasteiger partial charge in [0.1, 0.15) is 5.75 Å². The van der Waals surface area contributed by atoms with Crippen molar-refractivity contribution in [2.45, 2.75) is 32.7 Å². The van der Waals surface area contributed by atoms with E-state index in [2.05, 4.69) is 29.8 Å². The lowest BCUT2D eigenvalue weighted by Crippen LogP contribution is -2.15. The van der Waals surface area contributed by atoms with Crippen molar-refractivity contribution in [2.75, 3.05) is 0 Å². The predicted molar refractivity (Wildman–Crippen MR) is 71.0 cm³/mol. The molecule has 0 spiro atoms. The second kappa shape index (κ2) is 8.08. The third-order valence-corrected chi connectivity index (χ3v) is 2.28. The molecule has 5 heteroatoms. The Kier molecular flexibility index (Phi) is 7.58. The summed E-state index contributed by atoms with van der Waals surface area (Å²) in [6.45, 7) is 4.25. The van der Waals surface area contributed by atoms with Gasteiger partial charge < -0.3 is 15.9 Å². The lowest BCUT2D eigenvalue weighted by atomic mass is 10.0. The van der Waals surface area contributed by atoms with Crippen LogP contribution in [0.15, 0.2) is 22.7 Å². The van der Waals surface area contributed by atoms with Crippen LogP contribution in [0.25, 0.3) is 0 Å². The Morgan fingerprint density at radius 1 is 1.47 bits per heavy atom. The Morgan fingerprint density at radius 3 is 2.47 bits per heavy atom. The maximum atomic E-state index is 10.4.